The van der Waals surface area contributed by atoms with E-state index in [1.807, 2.05) is 20.8 Å². The van der Waals surface area contributed by atoms with Crippen LogP contribution in [-0.4, -0.2) is 29.1 Å². The molecule has 0 spiro atoms. The van der Waals surface area contributed by atoms with Crippen molar-refractivity contribution < 1.29 is 14.0 Å². The van der Waals surface area contributed by atoms with E-state index in [1.54, 1.807) is 17.5 Å². The third kappa shape index (κ3) is 3.10. The van der Waals surface area contributed by atoms with Gasteiger partial charge in [0.15, 0.2) is 5.89 Å². The molecule has 1 aliphatic rings. The van der Waals surface area contributed by atoms with Gasteiger partial charge in [-0.3, -0.25) is 0 Å². The molecule has 1 aliphatic heterocycles. The van der Waals surface area contributed by atoms with Gasteiger partial charge < -0.3 is 9.25 Å². The molecule has 0 radical (unpaired) electrons. The van der Waals surface area contributed by atoms with Crippen molar-refractivity contribution in [3.63, 3.8) is 0 Å². The molecule has 0 amide bonds. The van der Waals surface area contributed by atoms with Crippen LogP contribution < -0.4 is 0 Å². The van der Waals surface area contributed by atoms with Crippen LogP contribution in [0.25, 0.3) is 0 Å². The predicted octanol–water partition coefficient (Wildman–Crippen LogP) is 2.36. The minimum Gasteiger partial charge on any atom is -0.449 e. The summed E-state index contributed by atoms with van der Waals surface area (Å²) in [6.45, 7) is 7.03. The fourth-order valence-corrected chi connectivity index (χ4v) is 1.88. The van der Waals surface area contributed by atoms with Crippen molar-refractivity contribution in [2.24, 2.45) is 5.41 Å². The van der Waals surface area contributed by atoms with Gasteiger partial charge in [-0.25, -0.2) is 9.78 Å². The van der Waals surface area contributed by atoms with E-state index in [-0.39, 0.29) is 5.97 Å². The lowest BCUT2D eigenvalue weighted by Crippen LogP contribution is -2.38. The second-order valence-electron chi connectivity index (χ2n) is 5.70. The topological polar surface area (TPSA) is 55.6 Å². The zero-order valence-electron chi connectivity index (χ0n) is 11.2. The minimum absolute atomic E-state index is 0.183. The third-order valence-corrected chi connectivity index (χ3v) is 3.08. The smallest absolute Gasteiger partial charge is 0.330 e. The Morgan fingerprint density at radius 3 is 2.61 bits per heavy atom. The Labute approximate surface area is 107 Å². The summed E-state index contributed by atoms with van der Waals surface area (Å²) in [5, 5.41) is 1.74. The fraction of sp³-hybridized carbons (Fsp3) is 0.692. The quantitative estimate of drug-likeness (QED) is 0.808. The monoisotopic (exact) mass is 252 g/mol. The summed E-state index contributed by atoms with van der Waals surface area (Å²) < 4.78 is 5.31. The Balaban J connectivity index is 1.82. The third-order valence-electron chi connectivity index (χ3n) is 3.08. The van der Waals surface area contributed by atoms with Gasteiger partial charge in [0.05, 0.1) is 11.6 Å². The highest BCUT2D eigenvalue weighted by Gasteiger charge is 2.29. The largest absolute Gasteiger partial charge is 0.449 e. The van der Waals surface area contributed by atoms with Crippen molar-refractivity contribution in [3.8, 4) is 0 Å². The average Bonchev–Trinajstić information content (AvgIpc) is 2.82. The number of oxazole rings is 1. The van der Waals surface area contributed by atoms with Gasteiger partial charge in [0.1, 0.15) is 6.26 Å². The number of carbonyl (C=O) groups excluding carboxylic acids is 1. The van der Waals surface area contributed by atoms with Crippen LogP contribution >= 0.6 is 0 Å². The summed E-state index contributed by atoms with van der Waals surface area (Å²) in [6, 6.07) is 0. The van der Waals surface area contributed by atoms with Crippen LogP contribution in [0.2, 0.25) is 0 Å². The first kappa shape index (κ1) is 13.1. The van der Waals surface area contributed by atoms with Crippen molar-refractivity contribution in [1.29, 1.82) is 0 Å². The van der Waals surface area contributed by atoms with E-state index in [4.69, 9.17) is 9.25 Å². The average molecular weight is 252 g/mol. The van der Waals surface area contributed by atoms with Crippen LogP contribution in [0.5, 0.6) is 0 Å². The molecule has 2 heterocycles. The van der Waals surface area contributed by atoms with Crippen molar-refractivity contribution in [2.75, 3.05) is 13.1 Å². The highest BCUT2D eigenvalue weighted by Crippen LogP contribution is 2.27. The molecule has 100 valence electrons. The van der Waals surface area contributed by atoms with Crippen LogP contribution in [0, 0.1) is 5.41 Å². The molecule has 5 heteroatoms. The maximum atomic E-state index is 11.7. The number of hydrogen-bond donors (Lipinski definition) is 0. The highest BCUT2D eigenvalue weighted by molar-refractivity contribution is 5.75. The van der Waals surface area contributed by atoms with Crippen LogP contribution in [-0.2, 0) is 9.63 Å². The van der Waals surface area contributed by atoms with Gasteiger partial charge in [-0.15, -0.1) is 5.06 Å². The molecule has 1 fully saturated rings. The van der Waals surface area contributed by atoms with Crippen LogP contribution in [0.15, 0.2) is 16.9 Å². The van der Waals surface area contributed by atoms with Crippen LogP contribution in [0.4, 0.5) is 0 Å². The van der Waals surface area contributed by atoms with Gasteiger partial charge in [0.2, 0.25) is 0 Å². The summed E-state index contributed by atoms with van der Waals surface area (Å²) in [4.78, 5) is 21.3. The molecular formula is C13H20N2O3. The molecular weight excluding hydrogens is 232 g/mol. The SMILES string of the molecule is CC(C)(C)C(=O)ON1CCC(c2ncco2)CC1. The maximum absolute atomic E-state index is 11.7. The minimum atomic E-state index is -0.459. The Kier molecular flexibility index (Phi) is 3.71. The van der Waals surface area contributed by atoms with Crippen LogP contribution in [0.3, 0.4) is 0 Å². The molecule has 0 saturated carbocycles. The van der Waals surface area contributed by atoms with Gasteiger partial charge in [0.25, 0.3) is 0 Å². The lowest BCUT2D eigenvalue weighted by atomic mass is 9.97. The Morgan fingerprint density at radius 1 is 1.44 bits per heavy atom. The molecule has 5 nitrogen and oxygen atoms in total. The van der Waals surface area contributed by atoms with Gasteiger partial charge >= 0.3 is 5.97 Å². The zero-order chi connectivity index (χ0) is 13.2. The van der Waals surface area contributed by atoms with Gasteiger partial charge in [0, 0.05) is 19.0 Å². The molecule has 1 saturated heterocycles. The van der Waals surface area contributed by atoms with E-state index in [2.05, 4.69) is 4.98 Å². The molecule has 0 unspecified atom stereocenters. The maximum Gasteiger partial charge on any atom is 0.330 e. The first-order valence-electron chi connectivity index (χ1n) is 6.33. The van der Waals surface area contributed by atoms with E-state index in [0.717, 1.165) is 31.8 Å². The van der Waals surface area contributed by atoms with Crippen LogP contribution in [0.1, 0.15) is 45.4 Å². The molecule has 18 heavy (non-hydrogen) atoms. The number of rotatable bonds is 2. The summed E-state index contributed by atoms with van der Waals surface area (Å²) in [7, 11) is 0. The lowest BCUT2D eigenvalue weighted by molar-refractivity contribution is -0.204. The molecule has 1 aromatic rings. The Hall–Kier alpha value is -1.36. The first-order chi connectivity index (χ1) is 8.47. The molecule has 0 atom stereocenters. The standard InChI is InChI=1S/C13H20N2O3/c1-13(2,3)12(16)18-15-7-4-10(5-8-15)11-14-6-9-17-11/h6,9-10H,4-5,7-8H2,1-3H3. The van der Waals surface area contributed by atoms with Gasteiger partial charge in [-0.2, -0.15) is 0 Å². The van der Waals surface area contributed by atoms with E-state index >= 15 is 0 Å². The normalized spacial score (nSPS) is 18.8. The summed E-state index contributed by atoms with van der Waals surface area (Å²) in [5.74, 6) is 0.943. The second-order valence-corrected chi connectivity index (χ2v) is 5.70. The molecule has 0 bridgehead atoms. The number of carbonyl (C=O) groups is 1. The van der Waals surface area contributed by atoms with E-state index < -0.39 is 5.41 Å². The summed E-state index contributed by atoms with van der Waals surface area (Å²) in [5.41, 5.74) is -0.459. The van der Waals surface area contributed by atoms with Gasteiger partial charge in [-0.05, 0) is 33.6 Å². The highest BCUT2D eigenvalue weighted by atomic mass is 16.7. The summed E-state index contributed by atoms with van der Waals surface area (Å²) in [6.07, 6.45) is 5.07. The van der Waals surface area contributed by atoms with E-state index in [1.165, 1.54) is 0 Å². The number of aromatic nitrogens is 1. The van der Waals surface area contributed by atoms with Crippen molar-refractivity contribution >= 4 is 5.97 Å². The Morgan fingerprint density at radius 2 is 2.11 bits per heavy atom. The molecule has 2 rings (SSSR count). The molecule has 0 N–H and O–H groups in total. The van der Waals surface area contributed by atoms with Crippen molar-refractivity contribution in [2.45, 2.75) is 39.5 Å². The zero-order valence-corrected chi connectivity index (χ0v) is 11.2. The first-order valence-corrected chi connectivity index (χ1v) is 6.33. The molecule has 1 aromatic heterocycles. The van der Waals surface area contributed by atoms with E-state index in [0.29, 0.717) is 5.92 Å². The number of hydroxylamine groups is 2. The number of nitrogens with zero attached hydrogens (tertiary/aromatic N) is 2. The lowest BCUT2D eigenvalue weighted by Gasteiger charge is -2.30. The second kappa shape index (κ2) is 5.10. The van der Waals surface area contributed by atoms with E-state index in [9.17, 15) is 4.79 Å². The molecule has 0 aliphatic carbocycles. The predicted molar refractivity (Wildman–Crippen MR) is 65.6 cm³/mol. The van der Waals surface area contributed by atoms with Crippen molar-refractivity contribution in [3.05, 3.63) is 18.4 Å². The van der Waals surface area contributed by atoms with Gasteiger partial charge in [-0.1, -0.05) is 0 Å². The Bertz CT molecular complexity index is 387. The molecule has 0 aromatic carbocycles. The number of hydrogen-bond acceptors (Lipinski definition) is 5. The van der Waals surface area contributed by atoms with Crippen molar-refractivity contribution in [1.82, 2.24) is 10.0 Å². The summed E-state index contributed by atoms with van der Waals surface area (Å²) >= 11 is 0. The fourth-order valence-electron chi connectivity index (χ4n) is 1.88. The number of piperidine rings is 1.